The predicted molar refractivity (Wildman–Crippen MR) is 99.9 cm³/mol. The predicted octanol–water partition coefficient (Wildman–Crippen LogP) is 2.16. The molecule has 1 spiro atoms. The molecule has 7 nitrogen and oxygen atoms in total. The number of hydrogen-bond acceptors (Lipinski definition) is 6. The Labute approximate surface area is 161 Å². The van der Waals surface area contributed by atoms with Crippen molar-refractivity contribution in [3.63, 3.8) is 0 Å². The Morgan fingerprint density at radius 3 is 2.89 bits per heavy atom. The topological polar surface area (TPSA) is 80.5 Å². The number of fused-ring (bicyclic) bond motifs is 1. The zero-order valence-corrected chi connectivity index (χ0v) is 16.7. The number of nitrogens with zero attached hydrogens (tertiary/aromatic N) is 3. The van der Waals surface area contributed by atoms with E-state index in [1.807, 2.05) is 6.92 Å². The van der Waals surface area contributed by atoms with Gasteiger partial charge in [0.15, 0.2) is 5.82 Å². The van der Waals surface area contributed by atoms with Gasteiger partial charge in [0.2, 0.25) is 11.8 Å². The molecule has 150 valence electrons. The van der Waals surface area contributed by atoms with Crippen molar-refractivity contribution in [1.29, 1.82) is 0 Å². The van der Waals surface area contributed by atoms with Gasteiger partial charge in [0.25, 0.3) is 0 Å². The van der Waals surface area contributed by atoms with Crippen LogP contribution in [0.2, 0.25) is 0 Å². The molecule has 0 aromatic carbocycles. The van der Waals surface area contributed by atoms with Crippen molar-refractivity contribution in [2.24, 2.45) is 17.8 Å². The van der Waals surface area contributed by atoms with Crippen LogP contribution in [0.5, 0.6) is 0 Å². The molecule has 1 amide bonds. The van der Waals surface area contributed by atoms with Crippen LogP contribution < -0.4 is 5.32 Å². The molecular weight excluding hydrogens is 344 g/mol. The maximum Gasteiger partial charge on any atom is 0.240 e. The highest BCUT2D eigenvalue weighted by molar-refractivity contribution is 5.78. The summed E-state index contributed by atoms with van der Waals surface area (Å²) >= 11 is 0. The summed E-state index contributed by atoms with van der Waals surface area (Å²) < 4.78 is 11.8. The van der Waals surface area contributed by atoms with Gasteiger partial charge in [-0.1, -0.05) is 25.9 Å². The molecule has 3 aliphatic heterocycles. The summed E-state index contributed by atoms with van der Waals surface area (Å²) in [6, 6.07) is 0. The van der Waals surface area contributed by atoms with Gasteiger partial charge in [-0.25, -0.2) is 0 Å². The third-order valence-corrected chi connectivity index (χ3v) is 6.91. The molecule has 0 saturated carbocycles. The van der Waals surface area contributed by atoms with Crippen molar-refractivity contribution in [3.05, 3.63) is 11.7 Å². The molecule has 4 heterocycles. The second-order valence-corrected chi connectivity index (χ2v) is 8.42. The van der Waals surface area contributed by atoms with Gasteiger partial charge in [0.1, 0.15) is 0 Å². The van der Waals surface area contributed by atoms with Crippen LogP contribution in [0.4, 0.5) is 0 Å². The number of nitrogens with one attached hydrogen (secondary N) is 1. The van der Waals surface area contributed by atoms with Crippen molar-refractivity contribution >= 4 is 5.91 Å². The minimum Gasteiger partial charge on any atom is -0.370 e. The molecular formula is C20H32N4O3. The molecule has 1 aromatic rings. The maximum absolute atomic E-state index is 12.4. The molecule has 4 rings (SSSR count). The van der Waals surface area contributed by atoms with Crippen LogP contribution in [0.3, 0.4) is 0 Å². The number of hydrogen-bond donors (Lipinski definition) is 1. The Morgan fingerprint density at radius 1 is 1.37 bits per heavy atom. The summed E-state index contributed by atoms with van der Waals surface area (Å²) in [7, 11) is 0. The van der Waals surface area contributed by atoms with Gasteiger partial charge in [-0.05, 0) is 25.7 Å². The summed E-state index contributed by atoms with van der Waals surface area (Å²) in [5.41, 5.74) is -0.0391. The van der Waals surface area contributed by atoms with Gasteiger partial charge in [0.05, 0.1) is 18.2 Å². The van der Waals surface area contributed by atoms with Gasteiger partial charge >= 0.3 is 0 Å². The first-order chi connectivity index (χ1) is 13.1. The Kier molecular flexibility index (Phi) is 5.25. The molecule has 0 unspecified atom stereocenters. The first-order valence-corrected chi connectivity index (χ1v) is 10.6. The van der Waals surface area contributed by atoms with Crippen LogP contribution in [-0.2, 0) is 22.5 Å². The number of aryl methyl sites for hydroxylation is 1. The van der Waals surface area contributed by atoms with Gasteiger partial charge in [-0.2, -0.15) is 4.98 Å². The van der Waals surface area contributed by atoms with Crippen molar-refractivity contribution < 1.29 is 14.1 Å². The van der Waals surface area contributed by atoms with Gasteiger partial charge in [-0.15, -0.1) is 0 Å². The van der Waals surface area contributed by atoms with Crippen molar-refractivity contribution in [1.82, 2.24) is 20.4 Å². The quantitative estimate of drug-likeness (QED) is 0.749. The van der Waals surface area contributed by atoms with E-state index >= 15 is 0 Å². The Hall–Kier alpha value is -1.47. The molecule has 1 aromatic heterocycles. The average molecular weight is 377 g/mol. The maximum atomic E-state index is 12.4. The molecule has 7 heteroatoms. The summed E-state index contributed by atoms with van der Waals surface area (Å²) in [5.74, 6) is 2.68. The van der Waals surface area contributed by atoms with E-state index in [-0.39, 0.29) is 17.4 Å². The standard InChI is InChI=1S/C20H32N4O3/c1-4-13(5-2)19(25)21-9-14-15-10-24(11-18-22-17(6-3)23-27-18)12-20(15)8-7-16(14)26-20/h13-16H,4-12H2,1-3H3,(H,21,25)/t14-,15+,16+,20+/m0/s1. The van der Waals surface area contributed by atoms with Crippen molar-refractivity contribution in [2.45, 2.75) is 71.1 Å². The van der Waals surface area contributed by atoms with E-state index in [1.54, 1.807) is 0 Å². The second kappa shape index (κ2) is 7.51. The van der Waals surface area contributed by atoms with E-state index in [0.717, 1.165) is 57.6 Å². The van der Waals surface area contributed by atoms with Crippen molar-refractivity contribution in [2.75, 3.05) is 19.6 Å². The fraction of sp³-hybridized carbons (Fsp3) is 0.850. The molecule has 3 saturated heterocycles. The molecule has 3 fully saturated rings. The Balaban J connectivity index is 1.38. The van der Waals surface area contributed by atoms with E-state index in [4.69, 9.17) is 9.26 Å². The highest BCUT2D eigenvalue weighted by Gasteiger charge is 2.62. The average Bonchev–Trinajstić information content (AvgIpc) is 3.41. The highest BCUT2D eigenvalue weighted by Crippen LogP contribution is 2.54. The summed E-state index contributed by atoms with van der Waals surface area (Å²) in [6.07, 6.45) is 5.13. The summed E-state index contributed by atoms with van der Waals surface area (Å²) in [5, 5.41) is 7.22. The van der Waals surface area contributed by atoms with Crippen LogP contribution in [0.15, 0.2) is 4.52 Å². The van der Waals surface area contributed by atoms with E-state index in [9.17, 15) is 4.79 Å². The number of carbonyl (C=O) groups excluding carboxylic acids is 1. The number of aromatic nitrogens is 2. The fourth-order valence-electron chi connectivity index (χ4n) is 5.39. The minimum atomic E-state index is -0.0391. The summed E-state index contributed by atoms with van der Waals surface area (Å²) in [4.78, 5) is 19.2. The molecule has 27 heavy (non-hydrogen) atoms. The number of likely N-dealkylation sites (tertiary alicyclic amines) is 1. The number of ether oxygens (including phenoxy) is 1. The Morgan fingerprint density at radius 2 is 2.19 bits per heavy atom. The zero-order chi connectivity index (χ0) is 19.0. The molecule has 3 aliphatic rings. The van der Waals surface area contributed by atoms with E-state index < -0.39 is 0 Å². The first kappa shape index (κ1) is 18.9. The lowest BCUT2D eigenvalue weighted by atomic mass is 9.73. The number of amides is 1. The van der Waals surface area contributed by atoms with Crippen molar-refractivity contribution in [3.8, 4) is 0 Å². The zero-order valence-electron chi connectivity index (χ0n) is 16.7. The van der Waals surface area contributed by atoms with E-state index in [1.165, 1.54) is 0 Å². The second-order valence-electron chi connectivity index (χ2n) is 8.42. The van der Waals surface area contributed by atoms with Crippen LogP contribution in [-0.4, -0.2) is 52.3 Å². The lowest BCUT2D eigenvalue weighted by Crippen LogP contribution is -2.43. The van der Waals surface area contributed by atoms with Gasteiger partial charge < -0.3 is 14.6 Å². The number of carbonyl (C=O) groups is 1. The molecule has 2 bridgehead atoms. The SMILES string of the molecule is CCc1noc(CN2C[C@@H]3[C@H](CNC(=O)C(CC)CC)[C@H]4CC[C@]3(C2)O4)n1. The van der Waals surface area contributed by atoms with Gasteiger partial charge in [0, 0.05) is 43.8 Å². The lowest BCUT2D eigenvalue weighted by Gasteiger charge is -2.30. The molecule has 0 aliphatic carbocycles. The third-order valence-electron chi connectivity index (χ3n) is 6.91. The minimum absolute atomic E-state index is 0.0391. The van der Waals surface area contributed by atoms with E-state index in [2.05, 4.69) is 34.2 Å². The molecule has 0 radical (unpaired) electrons. The molecule has 1 N–H and O–H groups in total. The van der Waals surface area contributed by atoms with E-state index in [0.29, 0.717) is 30.4 Å². The largest absolute Gasteiger partial charge is 0.370 e. The highest BCUT2D eigenvalue weighted by atomic mass is 16.5. The number of rotatable bonds is 8. The molecule has 4 atom stereocenters. The van der Waals surface area contributed by atoms with Crippen LogP contribution in [0.25, 0.3) is 0 Å². The normalized spacial score (nSPS) is 32.4. The van der Waals surface area contributed by atoms with Crippen LogP contribution >= 0.6 is 0 Å². The lowest BCUT2D eigenvalue weighted by molar-refractivity contribution is -0.125. The van der Waals surface area contributed by atoms with Crippen LogP contribution in [0.1, 0.15) is 58.2 Å². The third kappa shape index (κ3) is 3.40. The smallest absolute Gasteiger partial charge is 0.240 e. The fourth-order valence-corrected chi connectivity index (χ4v) is 5.39. The first-order valence-electron chi connectivity index (χ1n) is 10.6. The monoisotopic (exact) mass is 376 g/mol. The summed E-state index contributed by atoms with van der Waals surface area (Å²) in [6.45, 7) is 9.52. The van der Waals surface area contributed by atoms with Crippen LogP contribution in [0, 0.1) is 17.8 Å². The van der Waals surface area contributed by atoms with Gasteiger partial charge in [-0.3, -0.25) is 9.69 Å². The Bertz CT molecular complexity index is 674.